The molecular weight excluding hydrogens is 400 g/mol. The second-order valence-electron chi connectivity index (χ2n) is 7.54. The van der Waals surface area contributed by atoms with Crippen molar-refractivity contribution in [2.45, 2.75) is 32.4 Å². The summed E-state index contributed by atoms with van der Waals surface area (Å²) in [6.45, 7) is 0.988. The number of carbonyl (C=O) groups excluding carboxylic acids is 1. The van der Waals surface area contributed by atoms with Crippen molar-refractivity contribution in [2.75, 3.05) is 0 Å². The van der Waals surface area contributed by atoms with E-state index in [0.717, 1.165) is 28.2 Å². The van der Waals surface area contributed by atoms with Gasteiger partial charge in [0, 0.05) is 24.9 Å². The SMILES string of the molecule is O=C(CCCc1ncc(-c2ccccc2)o1)NCc1cccc(OCc2ccccc2)c1. The number of ether oxygens (including phenoxy) is 1. The van der Waals surface area contributed by atoms with Crippen LogP contribution in [-0.4, -0.2) is 10.9 Å². The number of rotatable bonds is 10. The maximum atomic E-state index is 12.2. The average Bonchev–Trinajstić information content (AvgIpc) is 3.32. The van der Waals surface area contributed by atoms with Crippen LogP contribution in [0.2, 0.25) is 0 Å². The third-order valence-corrected chi connectivity index (χ3v) is 5.04. The Labute approximate surface area is 188 Å². The predicted octanol–water partition coefficient (Wildman–Crippen LogP) is 5.56. The van der Waals surface area contributed by atoms with E-state index in [1.54, 1.807) is 6.20 Å². The second-order valence-corrected chi connectivity index (χ2v) is 7.54. The Morgan fingerprint density at radius 3 is 2.47 bits per heavy atom. The van der Waals surface area contributed by atoms with Crippen molar-refractivity contribution in [1.29, 1.82) is 0 Å². The van der Waals surface area contributed by atoms with E-state index in [1.165, 1.54) is 0 Å². The highest BCUT2D eigenvalue weighted by atomic mass is 16.5. The number of hydrogen-bond acceptors (Lipinski definition) is 4. The van der Waals surface area contributed by atoms with Crippen LogP contribution in [-0.2, 0) is 24.4 Å². The zero-order valence-corrected chi connectivity index (χ0v) is 17.9. The van der Waals surface area contributed by atoms with Crippen molar-refractivity contribution >= 4 is 5.91 Å². The molecule has 0 atom stereocenters. The lowest BCUT2D eigenvalue weighted by atomic mass is 10.2. The van der Waals surface area contributed by atoms with Gasteiger partial charge < -0.3 is 14.5 Å². The molecule has 0 saturated carbocycles. The lowest BCUT2D eigenvalue weighted by Crippen LogP contribution is -2.22. The fourth-order valence-corrected chi connectivity index (χ4v) is 3.34. The molecule has 1 amide bonds. The first kappa shape index (κ1) is 21.4. The van der Waals surface area contributed by atoms with Crippen molar-refractivity contribution in [1.82, 2.24) is 10.3 Å². The van der Waals surface area contributed by atoms with Crippen LogP contribution in [0.25, 0.3) is 11.3 Å². The van der Waals surface area contributed by atoms with Gasteiger partial charge in [-0.05, 0) is 29.7 Å². The number of oxazole rings is 1. The Bertz CT molecular complexity index is 1120. The van der Waals surface area contributed by atoms with E-state index in [1.807, 2.05) is 84.9 Å². The first-order chi connectivity index (χ1) is 15.8. The van der Waals surface area contributed by atoms with Gasteiger partial charge in [-0.15, -0.1) is 0 Å². The summed E-state index contributed by atoms with van der Waals surface area (Å²) in [6, 6.07) is 27.7. The number of carbonyl (C=O) groups is 1. The number of aromatic nitrogens is 1. The zero-order valence-electron chi connectivity index (χ0n) is 17.9. The predicted molar refractivity (Wildman–Crippen MR) is 124 cm³/mol. The summed E-state index contributed by atoms with van der Waals surface area (Å²) in [7, 11) is 0. The lowest BCUT2D eigenvalue weighted by molar-refractivity contribution is -0.121. The molecule has 3 aromatic carbocycles. The summed E-state index contributed by atoms with van der Waals surface area (Å²) in [5, 5.41) is 2.97. The van der Waals surface area contributed by atoms with Gasteiger partial charge in [-0.1, -0.05) is 72.8 Å². The molecule has 32 heavy (non-hydrogen) atoms. The molecule has 5 heteroatoms. The Morgan fingerprint density at radius 1 is 0.906 bits per heavy atom. The van der Waals surface area contributed by atoms with Crippen LogP contribution >= 0.6 is 0 Å². The molecule has 0 aliphatic carbocycles. The van der Waals surface area contributed by atoms with Crippen LogP contribution < -0.4 is 10.1 Å². The third-order valence-electron chi connectivity index (χ3n) is 5.04. The molecule has 0 aliphatic rings. The van der Waals surface area contributed by atoms with Gasteiger partial charge in [0.25, 0.3) is 0 Å². The fourth-order valence-electron chi connectivity index (χ4n) is 3.34. The minimum atomic E-state index is 0.00967. The largest absolute Gasteiger partial charge is 0.489 e. The van der Waals surface area contributed by atoms with Crippen LogP contribution in [0, 0.1) is 0 Å². The first-order valence-electron chi connectivity index (χ1n) is 10.8. The molecule has 0 spiro atoms. The number of nitrogens with zero attached hydrogens (tertiary/aromatic N) is 1. The van der Waals surface area contributed by atoms with Crippen molar-refractivity contribution in [2.24, 2.45) is 0 Å². The fraction of sp³-hybridized carbons (Fsp3) is 0.185. The molecule has 0 radical (unpaired) electrons. The van der Waals surface area contributed by atoms with Crippen LogP contribution in [0.3, 0.4) is 0 Å². The minimum absolute atomic E-state index is 0.00967. The van der Waals surface area contributed by atoms with Gasteiger partial charge in [-0.25, -0.2) is 4.98 Å². The summed E-state index contributed by atoms with van der Waals surface area (Å²) < 4.78 is 11.6. The minimum Gasteiger partial charge on any atom is -0.489 e. The van der Waals surface area contributed by atoms with Crippen LogP contribution in [0.4, 0.5) is 0 Å². The van der Waals surface area contributed by atoms with Gasteiger partial charge in [-0.3, -0.25) is 4.79 Å². The second kappa shape index (κ2) is 11.0. The summed E-state index contributed by atoms with van der Waals surface area (Å²) in [6.07, 6.45) is 3.47. The van der Waals surface area contributed by atoms with Crippen molar-refractivity contribution in [3.05, 3.63) is 108 Å². The molecule has 0 saturated heterocycles. The Balaban J connectivity index is 1.19. The number of aryl methyl sites for hydroxylation is 1. The molecule has 0 aliphatic heterocycles. The smallest absolute Gasteiger partial charge is 0.220 e. The molecule has 162 valence electrons. The van der Waals surface area contributed by atoms with E-state index in [4.69, 9.17) is 9.15 Å². The molecule has 0 fully saturated rings. The molecule has 1 N–H and O–H groups in total. The quantitative estimate of drug-likeness (QED) is 0.361. The standard InChI is InChI=1S/C27H26N2O3/c30-26(15-8-16-27-29-19-25(32-27)23-12-5-2-6-13-23)28-18-22-11-7-14-24(17-22)31-20-21-9-3-1-4-10-21/h1-7,9-14,17,19H,8,15-16,18,20H2,(H,28,30). The number of hydrogen-bond donors (Lipinski definition) is 1. The van der Waals surface area contributed by atoms with E-state index in [0.29, 0.717) is 38.3 Å². The number of amides is 1. The zero-order chi connectivity index (χ0) is 22.0. The van der Waals surface area contributed by atoms with Crippen molar-refractivity contribution < 1.29 is 13.9 Å². The van der Waals surface area contributed by atoms with Crippen LogP contribution in [0.5, 0.6) is 5.75 Å². The van der Waals surface area contributed by atoms with E-state index >= 15 is 0 Å². The van der Waals surface area contributed by atoms with Crippen LogP contribution in [0.15, 0.2) is 95.5 Å². The van der Waals surface area contributed by atoms with Crippen LogP contribution in [0.1, 0.15) is 29.9 Å². The average molecular weight is 427 g/mol. The van der Waals surface area contributed by atoms with E-state index in [2.05, 4.69) is 10.3 Å². The molecule has 5 nitrogen and oxygen atoms in total. The van der Waals surface area contributed by atoms with Gasteiger partial charge in [0.05, 0.1) is 6.20 Å². The highest BCUT2D eigenvalue weighted by Crippen LogP contribution is 2.20. The van der Waals surface area contributed by atoms with Gasteiger partial charge in [0.2, 0.25) is 5.91 Å². The lowest BCUT2D eigenvalue weighted by Gasteiger charge is -2.09. The van der Waals surface area contributed by atoms with E-state index < -0.39 is 0 Å². The third kappa shape index (κ3) is 6.32. The highest BCUT2D eigenvalue weighted by molar-refractivity contribution is 5.75. The molecule has 1 aromatic heterocycles. The maximum absolute atomic E-state index is 12.2. The molecule has 0 bridgehead atoms. The number of nitrogens with one attached hydrogen (secondary N) is 1. The maximum Gasteiger partial charge on any atom is 0.220 e. The summed E-state index contributed by atoms with van der Waals surface area (Å²) >= 11 is 0. The summed E-state index contributed by atoms with van der Waals surface area (Å²) in [4.78, 5) is 16.6. The number of benzene rings is 3. The highest BCUT2D eigenvalue weighted by Gasteiger charge is 2.08. The Morgan fingerprint density at radius 2 is 1.66 bits per heavy atom. The van der Waals surface area contributed by atoms with Crippen molar-refractivity contribution in [3.63, 3.8) is 0 Å². The van der Waals surface area contributed by atoms with Crippen molar-refractivity contribution in [3.8, 4) is 17.1 Å². The molecule has 4 aromatic rings. The monoisotopic (exact) mass is 426 g/mol. The van der Waals surface area contributed by atoms with Gasteiger partial charge >= 0.3 is 0 Å². The van der Waals surface area contributed by atoms with E-state index in [9.17, 15) is 4.79 Å². The topological polar surface area (TPSA) is 64.4 Å². The molecule has 0 unspecified atom stereocenters. The Hall–Kier alpha value is -3.86. The molecular formula is C27H26N2O3. The normalized spacial score (nSPS) is 10.6. The molecule has 4 rings (SSSR count). The van der Waals surface area contributed by atoms with Gasteiger partial charge in [0.15, 0.2) is 11.7 Å². The summed E-state index contributed by atoms with van der Waals surface area (Å²) in [5.41, 5.74) is 3.12. The summed E-state index contributed by atoms with van der Waals surface area (Å²) in [5.74, 6) is 2.20. The van der Waals surface area contributed by atoms with Gasteiger partial charge in [-0.2, -0.15) is 0 Å². The van der Waals surface area contributed by atoms with E-state index in [-0.39, 0.29) is 5.91 Å². The molecule has 1 heterocycles. The first-order valence-corrected chi connectivity index (χ1v) is 10.8. The van der Waals surface area contributed by atoms with Gasteiger partial charge in [0.1, 0.15) is 12.4 Å². The Kier molecular flexibility index (Phi) is 7.32.